The molecule has 0 aliphatic rings. The lowest BCUT2D eigenvalue weighted by atomic mass is 10.1. The van der Waals surface area contributed by atoms with Crippen LogP contribution < -0.4 is 16.0 Å². The molecule has 3 amide bonds. The van der Waals surface area contributed by atoms with Crippen molar-refractivity contribution in [1.82, 2.24) is 5.32 Å². The minimum atomic E-state index is -0.674. The van der Waals surface area contributed by atoms with Crippen LogP contribution in [-0.4, -0.2) is 27.9 Å². The molecule has 0 spiro atoms. The third-order valence-electron chi connectivity index (χ3n) is 6.72. The van der Waals surface area contributed by atoms with E-state index < -0.39 is 22.0 Å². The fourth-order valence-electron chi connectivity index (χ4n) is 4.40. The summed E-state index contributed by atoms with van der Waals surface area (Å²) in [6, 6.07) is 27.1. The van der Waals surface area contributed by atoms with Gasteiger partial charge in [-0.2, -0.15) is 0 Å². The van der Waals surface area contributed by atoms with Crippen LogP contribution in [0.1, 0.15) is 40.9 Å². The molecule has 0 radical (unpaired) electrons. The molecule has 0 heterocycles. The van der Waals surface area contributed by atoms with Crippen LogP contribution in [0.5, 0.6) is 0 Å². The fourth-order valence-corrected chi connectivity index (χ4v) is 5.33. The lowest BCUT2D eigenvalue weighted by molar-refractivity contribution is -0.385. The Morgan fingerprint density at radius 2 is 1.61 bits per heavy atom. The Balaban J connectivity index is 1.53. The Morgan fingerprint density at radius 1 is 0.909 bits per heavy atom. The maximum Gasteiger partial charge on any atom is 0.276 e. The number of carbonyl (C=O) groups is 3. The molecule has 0 aromatic heterocycles. The summed E-state index contributed by atoms with van der Waals surface area (Å²) < 4.78 is 0. The van der Waals surface area contributed by atoms with Crippen LogP contribution in [0.3, 0.4) is 0 Å². The lowest BCUT2D eigenvalue weighted by Gasteiger charge is -2.17. The van der Waals surface area contributed by atoms with Crippen molar-refractivity contribution in [3.63, 3.8) is 0 Å². The first-order valence-corrected chi connectivity index (χ1v) is 14.8. The summed E-state index contributed by atoms with van der Waals surface area (Å²) in [4.78, 5) is 51.2. The third-order valence-corrected chi connectivity index (χ3v) is 7.82. The number of para-hydroxylation sites is 2. The van der Waals surface area contributed by atoms with Gasteiger partial charge >= 0.3 is 0 Å². The molecule has 9 nitrogen and oxygen atoms in total. The first kappa shape index (κ1) is 31.7. The summed E-state index contributed by atoms with van der Waals surface area (Å²) in [5.74, 6) is -1.37. The lowest BCUT2D eigenvalue weighted by Crippen LogP contribution is -2.30. The third kappa shape index (κ3) is 8.20. The van der Waals surface area contributed by atoms with Gasteiger partial charge in [-0.25, -0.2) is 0 Å². The molecule has 0 bridgehead atoms. The molecular formula is C34H32N4O5S. The molecule has 0 saturated heterocycles. The largest absolute Gasteiger partial charge is 0.325 e. The average molecular weight is 609 g/mol. The first-order chi connectivity index (χ1) is 21.2. The van der Waals surface area contributed by atoms with Crippen LogP contribution >= 0.6 is 11.8 Å². The van der Waals surface area contributed by atoms with E-state index in [1.165, 1.54) is 36.0 Å². The molecule has 224 valence electrons. The number of aryl methyl sites for hydroxylation is 2. The van der Waals surface area contributed by atoms with Crippen LogP contribution in [-0.2, 0) is 16.0 Å². The highest BCUT2D eigenvalue weighted by Gasteiger charge is 2.20. The van der Waals surface area contributed by atoms with Crippen molar-refractivity contribution in [2.45, 2.75) is 37.3 Å². The van der Waals surface area contributed by atoms with E-state index in [-0.39, 0.29) is 22.9 Å². The number of nitro groups is 1. The molecule has 0 aliphatic carbocycles. The van der Waals surface area contributed by atoms with E-state index in [1.807, 2.05) is 45.0 Å². The van der Waals surface area contributed by atoms with E-state index in [0.29, 0.717) is 11.3 Å². The van der Waals surface area contributed by atoms with E-state index in [9.17, 15) is 24.5 Å². The van der Waals surface area contributed by atoms with E-state index in [1.54, 1.807) is 54.6 Å². The van der Waals surface area contributed by atoms with Gasteiger partial charge in [0.05, 0.1) is 15.7 Å². The van der Waals surface area contributed by atoms with Crippen LogP contribution in [0.25, 0.3) is 6.08 Å². The average Bonchev–Trinajstić information content (AvgIpc) is 3.02. The Labute approximate surface area is 259 Å². The van der Waals surface area contributed by atoms with Gasteiger partial charge in [-0.05, 0) is 73.9 Å². The van der Waals surface area contributed by atoms with Crippen LogP contribution in [0.15, 0.2) is 108 Å². The van der Waals surface area contributed by atoms with Crippen molar-refractivity contribution in [3.8, 4) is 0 Å². The van der Waals surface area contributed by atoms with E-state index >= 15 is 0 Å². The standard InChI is InChI=1S/C34H32N4O5S/c1-4-24-16-10-12-22(2)31(24)37-32(39)23(3)44-28-18-11-17-27(21-28)35-34(41)29(36-33(40)25-13-6-5-7-14-25)20-26-15-8-9-19-30(26)38(42)43/h5-21,23H,4H2,1-3H3,(H,35,41)(H,36,40)(H,37,39)/b29-20+. The summed E-state index contributed by atoms with van der Waals surface area (Å²) >= 11 is 1.33. The molecule has 10 heteroatoms. The van der Waals surface area contributed by atoms with Crippen molar-refractivity contribution in [2.75, 3.05) is 10.6 Å². The van der Waals surface area contributed by atoms with Gasteiger partial charge in [0.15, 0.2) is 0 Å². The van der Waals surface area contributed by atoms with Crippen LogP contribution in [0, 0.1) is 17.0 Å². The van der Waals surface area contributed by atoms with Crippen molar-refractivity contribution in [3.05, 3.63) is 135 Å². The van der Waals surface area contributed by atoms with Gasteiger partial charge in [0, 0.05) is 27.9 Å². The Bertz CT molecular complexity index is 1720. The molecular weight excluding hydrogens is 576 g/mol. The number of hydrogen-bond donors (Lipinski definition) is 3. The molecule has 0 saturated carbocycles. The highest BCUT2D eigenvalue weighted by Crippen LogP contribution is 2.29. The smallest absolute Gasteiger partial charge is 0.276 e. The van der Waals surface area contributed by atoms with Gasteiger partial charge < -0.3 is 16.0 Å². The van der Waals surface area contributed by atoms with Gasteiger partial charge in [-0.1, -0.05) is 61.5 Å². The number of rotatable bonds is 11. The molecule has 3 N–H and O–H groups in total. The predicted octanol–water partition coefficient (Wildman–Crippen LogP) is 6.99. The maximum atomic E-state index is 13.5. The number of carbonyl (C=O) groups excluding carboxylic acids is 3. The summed E-state index contributed by atoms with van der Waals surface area (Å²) in [6.07, 6.45) is 2.07. The molecule has 1 unspecified atom stereocenters. The Kier molecular flexibility index (Phi) is 10.7. The number of benzene rings is 4. The molecule has 1 atom stereocenters. The molecule has 4 aromatic carbocycles. The summed E-state index contributed by atoms with van der Waals surface area (Å²) in [5, 5.41) is 19.6. The Hall–Kier alpha value is -5.22. The molecule has 4 rings (SSSR count). The van der Waals surface area contributed by atoms with E-state index in [2.05, 4.69) is 16.0 Å². The van der Waals surface area contributed by atoms with Gasteiger partial charge in [0.1, 0.15) is 5.70 Å². The summed E-state index contributed by atoms with van der Waals surface area (Å²) in [7, 11) is 0. The maximum absolute atomic E-state index is 13.5. The topological polar surface area (TPSA) is 130 Å². The molecule has 0 fully saturated rings. The van der Waals surface area contributed by atoms with Crippen LogP contribution in [0.2, 0.25) is 0 Å². The second-order valence-corrected chi connectivity index (χ2v) is 11.3. The predicted molar refractivity (Wildman–Crippen MR) is 175 cm³/mol. The zero-order chi connectivity index (χ0) is 31.6. The van der Waals surface area contributed by atoms with Crippen molar-refractivity contribution in [1.29, 1.82) is 0 Å². The highest BCUT2D eigenvalue weighted by molar-refractivity contribution is 8.00. The number of nitrogens with one attached hydrogen (secondary N) is 3. The quantitative estimate of drug-likeness (QED) is 0.0728. The molecule has 4 aromatic rings. The zero-order valence-electron chi connectivity index (χ0n) is 24.5. The van der Waals surface area contributed by atoms with Gasteiger partial charge in [0.25, 0.3) is 17.5 Å². The minimum absolute atomic E-state index is 0.147. The van der Waals surface area contributed by atoms with Gasteiger partial charge in [-0.15, -0.1) is 11.8 Å². The normalized spacial score (nSPS) is 11.8. The van der Waals surface area contributed by atoms with Gasteiger partial charge in [-0.3, -0.25) is 24.5 Å². The van der Waals surface area contributed by atoms with Crippen molar-refractivity contribution in [2.24, 2.45) is 0 Å². The molecule has 44 heavy (non-hydrogen) atoms. The van der Waals surface area contributed by atoms with Gasteiger partial charge in [0.2, 0.25) is 5.91 Å². The monoisotopic (exact) mass is 608 g/mol. The second-order valence-electron chi connectivity index (χ2n) is 9.89. The van der Waals surface area contributed by atoms with Crippen LogP contribution in [0.4, 0.5) is 17.1 Å². The highest BCUT2D eigenvalue weighted by atomic mass is 32.2. The fraction of sp³-hybridized carbons (Fsp3) is 0.147. The second kappa shape index (κ2) is 14.8. The number of amides is 3. The first-order valence-electron chi connectivity index (χ1n) is 13.9. The minimum Gasteiger partial charge on any atom is -0.325 e. The van der Waals surface area contributed by atoms with Crippen molar-refractivity contribution < 1.29 is 19.3 Å². The Morgan fingerprint density at radius 3 is 2.34 bits per heavy atom. The number of nitro benzene ring substituents is 1. The summed E-state index contributed by atoms with van der Waals surface area (Å²) in [5.41, 5.74) is 3.37. The molecule has 0 aliphatic heterocycles. The van der Waals surface area contributed by atoms with E-state index in [4.69, 9.17) is 0 Å². The number of hydrogen-bond acceptors (Lipinski definition) is 6. The zero-order valence-corrected chi connectivity index (χ0v) is 25.3. The number of anilines is 2. The summed E-state index contributed by atoms with van der Waals surface area (Å²) in [6.45, 7) is 5.80. The number of thioether (sulfide) groups is 1. The number of nitrogens with zero attached hydrogens (tertiary/aromatic N) is 1. The van der Waals surface area contributed by atoms with Crippen molar-refractivity contribution >= 4 is 52.6 Å². The SMILES string of the molecule is CCc1cccc(C)c1NC(=O)C(C)Sc1cccc(NC(=O)/C(=C\c2ccccc2[N+](=O)[O-])NC(=O)c2ccccc2)c1. The van der Waals surface area contributed by atoms with E-state index in [0.717, 1.165) is 28.1 Å².